The van der Waals surface area contributed by atoms with Crippen LogP contribution in [0.3, 0.4) is 0 Å². The minimum atomic E-state index is -1.07. The Kier molecular flexibility index (Phi) is 5.99. The first-order valence-electron chi connectivity index (χ1n) is 5.87. The van der Waals surface area contributed by atoms with Crippen molar-refractivity contribution in [3.63, 3.8) is 0 Å². The summed E-state index contributed by atoms with van der Waals surface area (Å²) in [6.07, 6.45) is 5.10. The van der Waals surface area contributed by atoms with Crippen molar-refractivity contribution in [1.82, 2.24) is 10.6 Å². The van der Waals surface area contributed by atoms with E-state index < -0.39 is 17.4 Å². The molecule has 1 saturated heterocycles. The number of nitrogens with one attached hydrogen (secondary N) is 2. The number of amides is 2. The van der Waals surface area contributed by atoms with Gasteiger partial charge in [0.2, 0.25) is 0 Å². The largest absolute Gasteiger partial charge is 0.481 e. The summed E-state index contributed by atoms with van der Waals surface area (Å²) in [5.41, 5.74) is -1.07. The number of ether oxygens (including phenoxy) is 1. The summed E-state index contributed by atoms with van der Waals surface area (Å²) >= 11 is 1.55. The van der Waals surface area contributed by atoms with Crippen molar-refractivity contribution in [3.05, 3.63) is 0 Å². The first-order chi connectivity index (χ1) is 9.00. The molecule has 2 amide bonds. The van der Waals surface area contributed by atoms with E-state index in [1.807, 2.05) is 0 Å². The molecule has 0 bridgehead atoms. The minimum absolute atomic E-state index is 0.102. The zero-order chi connectivity index (χ0) is 14.3. The zero-order valence-electron chi connectivity index (χ0n) is 10.8. The number of hydrogen-bond acceptors (Lipinski definition) is 4. The Labute approximate surface area is 116 Å². The maximum absolute atomic E-state index is 11.6. The van der Waals surface area contributed by atoms with Gasteiger partial charge in [0.15, 0.2) is 0 Å². The maximum Gasteiger partial charge on any atom is 0.315 e. The molecule has 0 saturated carbocycles. The lowest BCUT2D eigenvalue weighted by Gasteiger charge is -2.25. The highest BCUT2D eigenvalue weighted by Crippen LogP contribution is 2.28. The predicted octanol–water partition coefficient (Wildman–Crippen LogP) is 0.142. The third-order valence-corrected chi connectivity index (χ3v) is 3.83. The van der Waals surface area contributed by atoms with E-state index in [-0.39, 0.29) is 19.2 Å². The van der Waals surface area contributed by atoms with Crippen molar-refractivity contribution >= 4 is 23.8 Å². The van der Waals surface area contributed by atoms with E-state index >= 15 is 0 Å². The molecule has 19 heavy (non-hydrogen) atoms. The van der Waals surface area contributed by atoms with Crippen LogP contribution in [-0.4, -0.2) is 54.4 Å². The molecule has 1 aliphatic rings. The van der Waals surface area contributed by atoms with Crippen molar-refractivity contribution in [2.45, 2.75) is 13.0 Å². The molecule has 0 spiro atoms. The standard InChI is InChI=1S/C12H18N2O4S/c1-3-5-19-6-4-13-11(17)14-9-7-18-8-12(9,2)10(15)16/h1,9H,4-8H2,2H3,(H,15,16)(H2,13,14,17). The van der Waals surface area contributed by atoms with E-state index in [0.29, 0.717) is 12.3 Å². The molecule has 1 heterocycles. The molecule has 0 aromatic heterocycles. The number of terminal acetylenes is 1. The van der Waals surface area contributed by atoms with Crippen LogP contribution in [0.15, 0.2) is 0 Å². The summed E-state index contributed by atoms with van der Waals surface area (Å²) in [5, 5.41) is 14.4. The van der Waals surface area contributed by atoms with Crippen LogP contribution in [0.25, 0.3) is 0 Å². The Balaban J connectivity index is 2.32. The van der Waals surface area contributed by atoms with Gasteiger partial charge in [0.05, 0.1) is 25.0 Å². The Bertz CT molecular complexity index is 382. The molecule has 1 fully saturated rings. The summed E-state index contributed by atoms with van der Waals surface area (Å²) in [6.45, 7) is 2.36. The minimum Gasteiger partial charge on any atom is -0.481 e. The molecule has 7 heteroatoms. The maximum atomic E-state index is 11.6. The molecular weight excluding hydrogens is 268 g/mol. The van der Waals surface area contributed by atoms with Crippen molar-refractivity contribution in [2.75, 3.05) is 31.3 Å². The van der Waals surface area contributed by atoms with Crippen LogP contribution in [0.2, 0.25) is 0 Å². The van der Waals surface area contributed by atoms with Gasteiger partial charge in [-0.3, -0.25) is 4.79 Å². The smallest absolute Gasteiger partial charge is 0.315 e. The molecule has 0 aromatic carbocycles. The Hall–Kier alpha value is -1.39. The van der Waals surface area contributed by atoms with E-state index in [1.165, 1.54) is 0 Å². The molecule has 3 N–H and O–H groups in total. The summed E-state index contributed by atoms with van der Waals surface area (Å²) < 4.78 is 5.14. The monoisotopic (exact) mass is 286 g/mol. The number of urea groups is 1. The average molecular weight is 286 g/mol. The fraction of sp³-hybridized carbons (Fsp3) is 0.667. The highest BCUT2D eigenvalue weighted by Gasteiger charge is 2.47. The van der Waals surface area contributed by atoms with Crippen LogP contribution in [0, 0.1) is 17.8 Å². The number of hydrogen-bond donors (Lipinski definition) is 3. The van der Waals surface area contributed by atoms with Gasteiger partial charge in [-0.2, -0.15) is 0 Å². The highest BCUT2D eigenvalue weighted by molar-refractivity contribution is 7.99. The Morgan fingerprint density at radius 2 is 2.37 bits per heavy atom. The Morgan fingerprint density at radius 1 is 1.63 bits per heavy atom. The second kappa shape index (κ2) is 7.26. The van der Waals surface area contributed by atoms with Gasteiger partial charge in [0.25, 0.3) is 0 Å². The molecule has 2 atom stereocenters. The van der Waals surface area contributed by atoms with Gasteiger partial charge in [-0.05, 0) is 6.92 Å². The fourth-order valence-electron chi connectivity index (χ4n) is 1.66. The lowest BCUT2D eigenvalue weighted by molar-refractivity contribution is -0.148. The van der Waals surface area contributed by atoms with Gasteiger partial charge >= 0.3 is 12.0 Å². The van der Waals surface area contributed by atoms with Crippen LogP contribution < -0.4 is 10.6 Å². The molecule has 1 rings (SSSR count). The number of rotatable bonds is 6. The number of carbonyl (C=O) groups is 2. The van der Waals surface area contributed by atoms with E-state index in [4.69, 9.17) is 16.3 Å². The van der Waals surface area contributed by atoms with E-state index in [0.717, 1.165) is 5.75 Å². The first kappa shape index (κ1) is 15.7. The average Bonchev–Trinajstić information content (AvgIpc) is 2.72. The summed E-state index contributed by atoms with van der Waals surface area (Å²) in [6, 6.07) is -0.910. The number of carboxylic acids is 1. The zero-order valence-corrected chi connectivity index (χ0v) is 11.6. The van der Waals surface area contributed by atoms with E-state index in [2.05, 4.69) is 16.6 Å². The molecule has 0 aliphatic carbocycles. The van der Waals surface area contributed by atoms with Crippen molar-refractivity contribution in [1.29, 1.82) is 0 Å². The van der Waals surface area contributed by atoms with Crippen molar-refractivity contribution in [2.24, 2.45) is 5.41 Å². The predicted molar refractivity (Wildman–Crippen MR) is 73.0 cm³/mol. The number of carbonyl (C=O) groups excluding carboxylic acids is 1. The third kappa shape index (κ3) is 4.33. The van der Waals surface area contributed by atoms with Gasteiger partial charge in [0.1, 0.15) is 5.41 Å². The van der Waals surface area contributed by atoms with Crippen LogP contribution in [0.4, 0.5) is 4.79 Å². The van der Waals surface area contributed by atoms with Gasteiger partial charge in [-0.15, -0.1) is 18.2 Å². The van der Waals surface area contributed by atoms with Gasteiger partial charge in [-0.25, -0.2) is 4.79 Å². The summed E-state index contributed by atoms with van der Waals surface area (Å²) in [4.78, 5) is 22.8. The summed E-state index contributed by atoms with van der Waals surface area (Å²) in [5.74, 6) is 2.84. The fourth-order valence-corrected chi connectivity index (χ4v) is 2.17. The lowest BCUT2D eigenvalue weighted by Crippen LogP contribution is -2.52. The van der Waals surface area contributed by atoms with E-state index in [9.17, 15) is 9.59 Å². The normalized spacial score (nSPS) is 25.6. The van der Waals surface area contributed by atoms with Gasteiger partial charge in [-0.1, -0.05) is 5.92 Å². The summed E-state index contributed by atoms with van der Waals surface area (Å²) in [7, 11) is 0. The number of aliphatic carboxylic acids is 1. The van der Waals surface area contributed by atoms with Crippen LogP contribution >= 0.6 is 11.8 Å². The van der Waals surface area contributed by atoms with Gasteiger partial charge < -0.3 is 20.5 Å². The number of carboxylic acid groups (broad SMARTS) is 1. The molecule has 1 aliphatic heterocycles. The van der Waals surface area contributed by atoms with Crippen molar-refractivity contribution in [3.8, 4) is 12.3 Å². The first-order valence-corrected chi connectivity index (χ1v) is 7.03. The van der Waals surface area contributed by atoms with E-state index in [1.54, 1.807) is 18.7 Å². The molecule has 6 nitrogen and oxygen atoms in total. The van der Waals surface area contributed by atoms with Crippen molar-refractivity contribution < 1.29 is 19.4 Å². The number of thioether (sulfide) groups is 1. The third-order valence-electron chi connectivity index (χ3n) is 2.97. The molecule has 106 valence electrons. The molecular formula is C12H18N2O4S. The molecule has 0 aromatic rings. The van der Waals surface area contributed by atoms with Crippen LogP contribution in [0.5, 0.6) is 0 Å². The second-order valence-electron chi connectivity index (χ2n) is 4.45. The second-order valence-corrected chi connectivity index (χ2v) is 5.55. The van der Waals surface area contributed by atoms with Crippen LogP contribution in [-0.2, 0) is 9.53 Å². The van der Waals surface area contributed by atoms with Gasteiger partial charge in [0, 0.05) is 12.3 Å². The lowest BCUT2D eigenvalue weighted by atomic mass is 9.85. The SMILES string of the molecule is C#CCSCCNC(=O)NC1COCC1(C)C(=O)O. The van der Waals surface area contributed by atoms with Crippen LogP contribution in [0.1, 0.15) is 6.92 Å². The Morgan fingerprint density at radius 3 is 3.00 bits per heavy atom. The molecule has 2 unspecified atom stereocenters. The topological polar surface area (TPSA) is 87.7 Å². The highest BCUT2D eigenvalue weighted by atomic mass is 32.2. The quantitative estimate of drug-likeness (QED) is 0.477. The molecule has 0 radical (unpaired) electrons.